The predicted molar refractivity (Wildman–Crippen MR) is 106 cm³/mol. The lowest BCUT2D eigenvalue weighted by Crippen LogP contribution is -2.39. The van der Waals surface area contributed by atoms with Crippen molar-refractivity contribution >= 4 is 16.7 Å². The Bertz CT molecular complexity index is 963. The molecule has 0 radical (unpaired) electrons. The maximum atomic E-state index is 13.1. The van der Waals surface area contributed by atoms with Crippen molar-refractivity contribution in [2.24, 2.45) is 0 Å². The lowest BCUT2D eigenvalue weighted by atomic mass is 9.93. The van der Waals surface area contributed by atoms with Crippen molar-refractivity contribution in [3.05, 3.63) is 48.7 Å². The third-order valence-electron chi connectivity index (χ3n) is 5.37. The van der Waals surface area contributed by atoms with Gasteiger partial charge in [0.25, 0.3) is 5.91 Å². The van der Waals surface area contributed by atoms with Crippen LogP contribution in [0.3, 0.4) is 0 Å². The number of amides is 1. The molecule has 3 aromatic rings. The Balaban J connectivity index is 1.70. The van der Waals surface area contributed by atoms with Gasteiger partial charge in [-0.15, -0.1) is 0 Å². The molecule has 4 rings (SSSR count). The quantitative estimate of drug-likeness (QED) is 0.736. The predicted octanol–water partition coefficient (Wildman–Crippen LogP) is 3.12. The fraction of sp³-hybridized carbons (Fsp3) is 0.381. The third-order valence-corrected chi connectivity index (χ3v) is 5.37. The maximum Gasteiger partial charge on any atom is 0.270 e. The number of carbonyl (C=O) groups is 1. The molecule has 0 atom stereocenters. The number of carbonyl (C=O) groups excluding carboxylic acids is 1. The highest BCUT2D eigenvalue weighted by Gasteiger charge is 2.24. The molecule has 1 amide bonds. The molecule has 1 aliphatic rings. The Kier molecular flexibility index (Phi) is 5.25. The van der Waals surface area contributed by atoms with Gasteiger partial charge in [-0.1, -0.05) is 12.1 Å². The Labute approximate surface area is 163 Å². The van der Waals surface area contributed by atoms with Gasteiger partial charge in [0.1, 0.15) is 23.6 Å². The number of pyridine rings is 1. The first kappa shape index (κ1) is 18.4. The number of aromatic nitrogens is 3. The number of fused-ring (bicyclic) bond motifs is 1. The molecule has 1 saturated carbocycles. The summed E-state index contributed by atoms with van der Waals surface area (Å²) in [5.41, 5.74) is 0.397. The number of hydrogen-bond acceptors (Lipinski definition) is 5. The first-order valence-corrected chi connectivity index (χ1v) is 9.49. The number of hydrogen-bond donors (Lipinski definition) is 1. The zero-order valence-electron chi connectivity index (χ0n) is 16.1. The van der Waals surface area contributed by atoms with Crippen molar-refractivity contribution in [3.63, 3.8) is 0 Å². The van der Waals surface area contributed by atoms with Crippen LogP contribution >= 0.6 is 0 Å². The Morgan fingerprint density at radius 1 is 1.18 bits per heavy atom. The standard InChI is InChI=1S/C21H24N4O3/c1-27-15-8-6-14(7-9-15)23-21(26)20-16-4-3-5-18(28-2)17(16)12-19(24-20)25-11-10-22-13-25/h3-5,10-15H,6-9H2,1-2H3,(H,23,26)/t14-,15-. The second kappa shape index (κ2) is 7.98. The zero-order valence-corrected chi connectivity index (χ0v) is 16.1. The molecule has 1 N–H and O–H groups in total. The molecule has 28 heavy (non-hydrogen) atoms. The topological polar surface area (TPSA) is 78.3 Å². The highest BCUT2D eigenvalue weighted by atomic mass is 16.5. The molecule has 0 saturated heterocycles. The summed E-state index contributed by atoms with van der Waals surface area (Å²) < 4.78 is 12.7. The summed E-state index contributed by atoms with van der Waals surface area (Å²) in [5.74, 6) is 1.17. The smallest absolute Gasteiger partial charge is 0.270 e. The lowest BCUT2D eigenvalue weighted by molar-refractivity contribution is 0.0598. The maximum absolute atomic E-state index is 13.1. The van der Waals surface area contributed by atoms with Crippen molar-refractivity contribution in [2.75, 3.05) is 14.2 Å². The molecule has 7 heteroatoms. The summed E-state index contributed by atoms with van der Waals surface area (Å²) in [4.78, 5) is 21.9. The third kappa shape index (κ3) is 3.57. The van der Waals surface area contributed by atoms with Gasteiger partial charge in [0.05, 0.1) is 13.2 Å². The summed E-state index contributed by atoms with van der Waals surface area (Å²) in [6, 6.07) is 7.71. The van der Waals surface area contributed by atoms with Gasteiger partial charge in [-0.25, -0.2) is 9.97 Å². The van der Waals surface area contributed by atoms with Crippen molar-refractivity contribution in [2.45, 2.75) is 37.8 Å². The van der Waals surface area contributed by atoms with Crippen LogP contribution in [0, 0.1) is 0 Å². The number of nitrogens with one attached hydrogen (secondary N) is 1. The highest BCUT2D eigenvalue weighted by molar-refractivity contribution is 6.07. The number of methoxy groups -OCH3 is 2. The molecular weight excluding hydrogens is 356 g/mol. The van der Waals surface area contributed by atoms with Crippen molar-refractivity contribution in [1.29, 1.82) is 0 Å². The zero-order chi connectivity index (χ0) is 19.5. The molecule has 1 aliphatic carbocycles. The lowest BCUT2D eigenvalue weighted by Gasteiger charge is -2.28. The molecule has 1 aromatic carbocycles. The summed E-state index contributed by atoms with van der Waals surface area (Å²) in [6.45, 7) is 0. The summed E-state index contributed by atoms with van der Waals surface area (Å²) >= 11 is 0. The van der Waals surface area contributed by atoms with E-state index >= 15 is 0 Å². The van der Waals surface area contributed by atoms with Gasteiger partial charge < -0.3 is 14.8 Å². The first-order valence-electron chi connectivity index (χ1n) is 9.49. The van der Waals surface area contributed by atoms with Gasteiger partial charge in [-0.05, 0) is 37.8 Å². The Hall–Kier alpha value is -2.93. The van der Waals surface area contributed by atoms with E-state index in [1.807, 2.05) is 24.3 Å². The molecular formula is C21H24N4O3. The molecule has 1 fully saturated rings. The SMILES string of the molecule is COc1cccc2c(C(=O)N[C@H]3CC[C@H](OC)CC3)nc(-n3ccnc3)cc12. The minimum Gasteiger partial charge on any atom is -0.496 e. The first-order chi connectivity index (χ1) is 13.7. The van der Waals surface area contributed by atoms with Crippen LogP contribution in [0.1, 0.15) is 36.2 Å². The van der Waals surface area contributed by atoms with Crippen LogP contribution in [0.5, 0.6) is 5.75 Å². The Morgan fingerprint density at radius 3 is 2.68 bits per heavy atom. The number of imidazole rings is 1. The fourth-order valence-corrected chi connectivity index (χ4v) is 3.81. The van der Waals surface area contributed by atoms with E-state index in [-0.39, 0.29) is 11.9 Å². The van der Waals surface area contributed by atoms with Gasteiger partial charge in [-0.3, -0.25) is 9.36 Å². The summed E-state index contributed by atoms with van der Waals surface area (Å²) in [6.07, 6.45) is 9.17. The van der Waals surface area contributed by atoms with Gasteiger partial charge in [0.15, 0.2) is 0 Å². The van der Waals surface area contributed by atoms with E-state index in [0.717, 1.165) is 36.5 Å². The van der Waals surface area contributed by atoms with Crippen LogP contribution in [0.25, 0.3) is 16.6 Å². The number of nitrogens with zero attached hydrogens (tertiary/aromatic N) is 3. The van der Waals surface area contributed by atoms with Gasteiger partial charge in [-0.2, -0.15) is 0 Å². The van der Waals surface area contributed by atoms with E-state index in [9.17, 15) is 4.79 Å². The van der Waals surface area contributed by atoms with Gasteiger partial charge >= 0.3 is 0 Å². The van der Waals surface area contributed by atoms with Crippen molar-refractivity contribution < 1.29 is 14.3 Å². The molecule has 0 unspecified atom stereocenters. The van der Waals surface area contributed by atoms with E-state index in [1.54, 1.807) is 37.5 Å². The van der Waals surface area contributed by atoms with E-state index in [0.29, 0.717) is 23.4 Å². The molecule has 146 valence electrons. The average Bonchev–Trinajstić information content (AvgIpc) is 3.28. The number of benzene rings is 1. The highest BCUT2D eigenvalue weighted by Crippen LogP contribution is 2.29. The minimum atomic E-state index is -0.166. The van der Waals surface area contributed by atoms with Crippen LogP contribution in [-0.4, -0.2) is 46.8 Å². The second-order valence-electron chi connectivity index (χ2n) is 7.04. The molecule has 0 spiro atoms. The largest absolute Gasteiger partial charge is 0.496 e. The van der Waals surface area contributed by atoms with E-state index in [4.69, 9.17) is 9.47 Å². The minimum absolute atomic E-state index is 0.137. The van der Waals surface area contributed by atoms with Crippen molar-refractivity contribution in [1.82, 2.24) is 19.9 Å². The molecule has 2 heterocycles. The van der Waals surface area contributed by atoms with Crippen LogP contribution in [0.15, 0.2) is 43.0 Å². The number of ether oxygens (including phenoxy) is 2. The van der Waals surface area contributed by atoms with Crippen LogP contribution in [0.4, 0.5) is 0 Å². The van der Waals surface area contributed by atoms with Gasteiger partial charge in [0, 0.05) is 36.3 Å². The molecule has 2 aromatic heterocycles. The normalized spacial score (nSPS) is 19.5. The monoisotopic (exact) mass is 380 g/mol. The average molecular weight is 380 g/mol. The molecule has 0 aliphatic heterocycles. The molecule has 0 bridgehead atoms. The van der Waals surface area contributed by atoms with Crippen molar-refractivity contribution in [3.8, 4) is 11.6 Å². The Morgan fingerprint density at radius 2 is 2.00 bits per heavy atom. The van der Waals surface area contributed by atoms with E-state index in [2.05, 4.69) is 15.3 Å². The van der Waals surface area contributed by atoms with E-state index in [1.165, 1.54) is 0 Å². The number of rotatable bonds is 5. The summed E-state index contributed by atoms with van der Waals surface area (Å²) in [5, 5.41) is 4.77. The summed E-state index contributed by atoms with van der Waals surface area (Å²) in [7, 11) is 3.37. The second-order valence-corrected chi connectivity index (χ2v) is 7.04. The van der Waals surface area contributed by atoms with Crippen LogP contribution in [0.2, 0.25) is 0 Å². The van der Waals surface area contributed by atoms with Crippen LogP contribution in [-0.2, 0) is 4.74 Å². The van der Waals surface area contributed by atoms with E-state index < -0.39 is 0 Å². The molecule has 7 nitrogen and oxygen atoms in total. The fourth-order valence-electron chi connectivity index (χ4n) is 3.81. The van der Waals surface area contributed by atoms with Gasteiger partial charge in [0.2, 0.25) is 0 Å². The van der Waals surface area contributed by atoms with Crippen LogP contribution < -0.4 is 10.1 Å².